The Bertz CT molecular complexity index is 655. The van der Waals surface area contributed by atoms with Gasteiger partial charge < -0.3 is 5.73 Å². The van der Waals surface area contributed by atoms with E-state index in [1.165, 1.54) is 29.8 Å². The van der Waals surface area contributed by atoms with Crippen LogP contribution in [0.5, 0.6) is 0 Å². The molecule has 0 saturated heterocycles. The summed E-state index contributed by atoms with van der Waals surface area (Å²) in [6.07, 6.45) is -2.57. The fourth-order valence-electron chi connectivity index (χ4n) is 1.94. The minimum Gasteiger partial charge on any atom is -0.378 e. The van der Waals surface area contributed by atoms with Crippen molar-refractivity contribution in [3.05, 3.63) is 51.2 Å². The zero-order valence-corrected chi connectivity index (χ0v) is 10.6. The van der Waals surface area contributed by atoms with Crippen LogP contribution >= 0.6 is 0 Å². The third-order valence-electron chi connectivity index (χ3n) is 2.85. The van der Waals surface area contributed by atoms with E-state index < -0.39 is 11.3 Å². The van der Waals surface area contributed by atoms with E-state index in [4.69, 9.17) is 5.73 Å². The maximum atomic E-state index is 12.6. The number of hydrogen-bond donors (Lipinski definition) is 1. The molecule has 0 fully saturated rings. The van der Waals surface area contributed by atoms with Crippen LogP contribution in [-0.2, 0) is 6.54 Å². The average molecular weight is 282 g/mol. The van der Waals surface area contributed by atoms with Gasteiger partial charge in [0.05, 0.1) is 11.5 Å². The standard InChI is InChI=1S/C12H12F2N4O2/c1-7-10(18(19)20)12(15)17(16-7)6-8-3-2-4-9(5-8)11(13)14/h2-5,11H,6,15H2,1H3. The number of hydrogen-bond acceptors (Lipinski definition) is 4. The Morgan fingerprint density at radius 1 is 1.50 bits per heavy atom. The Balaban J connectivity index is 2.33. The Morgan fingerprint density at radius 3 is 2.75 bits per heavy atom. The van der Waals surface area contributed by atoms with Crippen molar-refractivity contribution in [1.29, 1.82) is 0 Å². The monoisotopic (exact) mass is 282 g/mol. The smallest absolute Gasteiger partial charge is 0.333 e. The highest BCUT2D eigenvalue weighted by atomic mass is 19.3. The number of halogens is 2. The van der Waals surface area contributed by atoms with Crippen molar-refractivity contribution in [2.75, 3.05) is 5.73 Å². The Kier molecular flexibility index (Phi) is 3.64. The summed E-state index contributed by atoms with van der Waals surface area (Å²) in [6.45, 7) is 1.57. The van der Waals surface area contributed by atoms with Crippen LogP contribution in [0.25, 0.3) is 0 Å². The molecule has 20 heavy (non-hydrogen) atoms. The summed E-state index contributed by atoms with van der Waals surface area (Å²) < 4.78 is 26.4. The van der Waals surface area contributed by atoms with E-state index in [1.54, 1.807) is 6.07 Å². The number of nitrogens with zero attached hydrogens (tertiary/aromatic N) is 3. The first-order chi connectivity index (χ1) is 9.40. The van der Waals surface area contributed by atoms with Crippen molar-refractivity contribution in [3.63, 3.8) is 0 Å². The van der Waals surface area contributed by atoms with E-state index >= 15 is 0 Å². The molecule has 0 aliphatic heterocycles. The molecule has 0 aliphatic rings. The van der Waals surface area contributed by atoms with E-state index in [9.17, 15) is 18.9 Å². The van der Waals surface area contributed by atoms with Gasteiger partial charge in [0.1, 0.15) is 5.69 Å². The molecule has 2 aromatic rings. The lowest BCUT2D eigenvalue weighted by Gasteiger charge is -2.06. The first kappa shape index (κ1) is 13.9. The number of alkyl halides is 2. The molecule has 0 atom stereocenters. The number of nitro groups is 1. The molecule has 1 aromatic carbocycles. The Labute approximate surface area is 113 Å². The first-order valence-electron chi connectivity index (χ1n) is 5.74. The Hall–Kier alpha value is -2.51. The van der Waals surface area contributed by atoms with Crippen LogP contribution in [0.2, 0.25) is 0 Å². The van der Waals surface area contributed by atoms with Gasteiger partial charge >= 0.3 is 5.69 Å². The lowest BCUT2D eigenvalue weighted by molar-refractivity contribution is -0.384. The van der Waals surface area contributed by atoms with Crippen molar-refractivity contribution in [2.24, 2.45) is 0 Å². The van der Waals surface area contributed by atoms with Crippen LogP contribution in [0, 0.1) is 17.0 Å². The van der Waals surface area contributed by atoms with Crippen molar-refractivity contribution >= 4 is 11.5 Å². The second-order valence-electron chi connectivity index (χ2n) is 4.28. The molecule has 0 saturated carbocycles. The molecule has 6 nitrogen and oxygen atoms in total. The van der Waals surface area contributed by atoms with E-state index in [0.29, 0.717) is 5.56 Å². The van der Waals surface area contributed by atoms with Crippen molar-refractivity contribution in [1.82, 2.24) is 9.78 Å². The maximum absolute atomic E-state index is 12.6. The minimum absolute atomic E-state index is 0.0880. The largest absolute Gasteiger partial charge is 0.378 e. The molecule has 0 bridgehead atoms. The molecule has 0 radical (unpaired) electrons. The molecular formula is C12H12F2N4O2. The molecule has 106 valence electrons. The minimum atomic E-state index is -2.57. The van der Waals surface area contributed by atoms with Gasteiger partial charge in [0.15, 0.2) is 0 Å². The van der Waals surface area contributed by atoms with E-state index in [0.717, 1.165) is 0 Å². The average Bonchev–Trinajstić information content (AvgIpc) is 2.64. The van der Waals surface area contributed by atoms with Crippen LogP contribution in [-0.4, -0.2) is 14.7 Å². The van der Waals surface area contributed by atoms with E-state index in [-0.39, 0.29) is 29.3 Å². The zero-order valence-electron chi connectivity index (χ0n) is 10.6. The van der Waals surface area contributed by atoms with Gasteiger partial charge in [-0.3, -0.25) is 10.1 Å². The molecule has 0 amide bonds. The van der Waals surface area contributed by atoms with Gasteiger partial charge in [-0.15, -0.1) is 0 Å². The number of anilines is 1. The highest BCUT2D eigenvalue weighted by Gasteiger charge is 2.22. The number of aromatic nitrogens is 2. The molecule has 1 heterocycles. The van der Waals surface area contributed by atoms with Gasteiger partial charge in [0.25, 0.3) is 6.43 Å². The summed E-state index contributed by atoms with van der Waals surface area (Å²) in [6, 6.07) is 5.77. The number of benzene rings is 1. The van der Waals surface area contributed by atoms with Gasteiger partial charge in [-0.2, -0.15) is 5.10 Å². The Morgan fingerprint density at radius 2 is 2.20 bits per heavy atom. The summed E-state index contributed by atoms with van der Waals surface area (Å²) in [5.41, 5.74) is 6.04. The third kappa shape index (κ3) is 2.58. The number of aryl methyl sites for hydroxylation is 1. The summed E-state index contributed by atoms with van der Waals surface area (Å²) in [7, 11) is 0. The second-order valence-corrected chi connectivity index (χ2v) is 4.28. The highest BCUT2D eigenvalue weighted by molar-refractivity contribution is 5.56. The maximum Gasteiger partial charge on any atom is 0.333 e. The van der Waals surface area contributed by atoms with Crippen molar-refractivity contribution in [3.8, 4) is 0 Å². The van der Waals surface area contributed by atoms with Crippen LogP contribution in [0.15, 0.2) is 24.3 Å². The van der Waals surface area contributed by atoms with Gasteiger partial charge in [-0.1, -0.05) is 18.2 Å². The quantitative estimate of drug-likeness (QED) is 0.689. The van der Waals surface area contributed by atoms with Gasteiger partial charge in [0.2, 0.25) is 5.82 Å². The molecule has 8 heteroatoms. The summed E-state index contributed by atoms with van der Waals surface area (Å²) in [5.74, 6) is -0.0880. The lowest BCUT2D eigenvalue weighted by Crippen LogP contribution is -2.07. The molecule has 0 aliphatic carbocycles. The molecular weight excluding hydrogens is 270 g/mol. The normalized spacial score (nSPS) is 11.0. The SMILES string of the molecule is Cc1nn(Cc2cccc(C(F)F)c2)c(N)c1[N+](=O)[O-]. The van der Waals surface area contributed by atoms with Gasteiger partial charge in [-0.05, 0) is 18.6 Å². The topological polar surface area (TPSA) is 87.0 Å². The lowest BCUT2D eigenvalue weighted by atomic mass is 10.1. The fraction of sp³-hybridized carbons (Fsp3) is 0.250. The summed E-state index contributed by atoms with van der Waals surface area (Å²) in [4.78, 5) is 10.2. The molecule has 2 rings (SSSR count). The van der Waals surface area contributed by atoms with E-state index in [1.807, 2.05) is 0 Å². The van der Waals surface area contributed by atoms with E-state index in [2.05, 4.69) is 5.10 Å². The highest BCUT2D eigenvalue weighted by Crippen LogP contribution is 2.26. The summed E-state index contributed by atoms with van der Waals surface area (Å²) >= 11 is 0. The zero-order chi connectivity index (χ0) is 14.9. The number of rotatable bonds is 4. The number of nitrogen functional groups attached to an aromatic ring is 1. The molecule has 2 N–H and O–H groups in total. The van der Waals surface area contributed by atoms with Crippen LogP contribution in [0.3, 0.4) is 0 Å². The van der Waals surface area contributed by atoms with Crippen molar-refractivity contribution in [2.45, 2.75) is 19.9 Å². The molecule has 0 spiro atoms. The first-order valence-corrected chi connectivity index (χ1v) is 5.74. The van der Waals surface area contributed by atoms with Crippen LogP contribution in [0.1, 0.15) is 23.2 Å². The predicted octanol–water partition coefficient (Wildman–Crippen LogP) is 2.67. The number of nitrogens with two attached hydrogens (primary N) is 1. The predicted molar refractivity (Wildman–Crippen MR) is 68.5 cm³/mol. The molecule has 1 aromatic heterocycles. The second kappa shape index (κ2) is 5.24. The molecule has 0 unspecified atom stereocenters. The van der Waals surface area contributed by atoms with Gasteiger partial charge in [0, 0.05) is 5.56 Å². The summed E-state index contributed by atoms with van der Waals surface area (Å²) in [5, 5.41) is 14.8. The van der Waals surface area contributed by atoms with Crippen LogP contribution in [0.4, 0.5) is 20.3 Å². The van der Waals surface area contributed by atoms with Gasteiger partial charge in [-0.25, -0.2) is 13.5 Å². The van der Waals surface area contributed by atoms with Crippen LogP contribution < -0.4 is 5.73 Å². The fourth-order valence-corrected chi connectivity index (χ4v) is 1.94. The van der Waals surface area contributed by atoms with Crippen molar-refractivity contribution < 1.29 is 13.7 Å². The third-order valence-corrected chi connectivity index (χ3v) is 2.85.